The molecule has 1 N–H and O–H groups in total. The summed E-state index contributed by atoms with van der Waals surface area (Å²) in [6.07, 6.45) is 5.30. The molecule has 1 aliphatic heterocycles. The average Bonchev–Trinajstić information content (AvgIpc) is 2.61. The van der Waals surface area contributed by atoms with Crippen LogP contribution in [0.15, 0.2) is 43.2 Å². The minimum absolute atomic E-state index is 0.532. The van der Waals surface area contributed by atoms with E-state index in [0.717, 1.165) is 37.8 Å². The van der Waals surface area contributed by atoms with Gasteiger partial charge in [0.15, 0.2) is 5.82 Å². The maximum Gasteiger partial charge on any atom is 0.244 e. The Balaban J connectivity index is 1.62. The molecule has 0 aliphatic carbocycles. The van der Waals surface area contributed by atoms with Gasteiger partial charge in [-0.05, 0) is 12.1 Å². The number of aromatic nitrogens is 4. The van der Waals surface area contributed by atoms with E-state index in [1.807, 2.05) is 24.4 Å². The fourth-order valence-electron chi connectivity index (χ4n) is 2.39. The highest BCUT2D eigenvalue weighted by Gasteiger charge is 2.19. The molecule has 0 amide bonds. The van der Waals surface area contributed by atoms with Gasteiger partial charge in [0.1, 0.15) is 5.82 Å². The van der Waals surface area contributed by atoms with Crippen LogP contribution in [0.3, 0.4) is 0 Å². The van der Waals surface area contributed by atoms with Gasteiger partial charge in [-0.15, -0.1) is 11.7 Å². The van der Waals surface area contributed by atoms with Crippen molar-refractivity contribution in [3.05, 3.63) is 43.2 Å². The van der Waals surface area contributed by atoms with Gasteiger partial charge in [-0.3, -0.25) is 0 Å². The lowest BCUT2D eigenvalue weighted by Gasteiger charge is -2.35. The third-order valence-corrected chi connectivity index (χ3v) is 3.53. The van der Waals surface area contributed by atoms with E-state index in [4.69, 9.17) is 0 Å². The van der Waals surface area contributed by atoms with E-state index in [2.05, 4.69) is 41.9 Å². The van der Waals surface area contributed by atoms with E-state index in [-0.39, 0.29) is 0 Å². The predicted octanol–water partition coefficient (Wildman–Crippen LogP) is 1.19. The largest absolute Gasteiger partial charge is 0.353 e. The summed E-state index contributed by atoms with van der Waals surface area (Å²) in [4.78, 5) is 13.4. The number of piperazine rings is 1. The first-order chi connectivity index (χ1) is 10.9. The minimum Gasteiger partial charge on any atom is -0.353 e. The average molecular weight is 297 g/mol. The molecule has 0 atom stereocenters. The van der Waals surface area contributed by atoms with Crippen LogP contribution in [0.1, 0.15) is 0 Å². The number of nitrogens with one attached hydrogen (secondary N) is 1. The molecule has 3 heterocycles. The lowest BCUT2D eigenvalue weighted by atomic mass is 10.3. The van der Waals surface area contributed by atoms with Gasteiger partial charge in [0, 0.05) is 38.9 Å². The van der Waals surface area contributed by atoms with Gasteiger partial charge in [-0.1, -0.05) is 12.1 Å². The molecular weight excluding hydrogens is 278 g/mol. The van der Waals surface area contributed by atoms with Crippen molar-refractivity contribution in [1.82, 2.24) is 20.2 Å². The van der Waals surface area contributed by atoms with Crippen molar-refractivity contribution in [3.8, 4) is 0 Å². The van der Waals surface area contributed by atoms with Crippen molar-refractivity contribution < 1.29 is 0 Å². The smallest absolute Gasteiger partial charge is 0.244 e. The van der Waals surface area contributed by atoms with E-state index < -0.39 is 0 Å². The zero-order valence-electron chi connectivity index (χ0n) is 12.4. The first-order valence-electron chi connectivity index (χ1n) is 7.32. The highest BCUT2D eigenvalue weighted by molar-refractivity contribution is 5.45. The normalized spacial score (nSPS) is 14.7. The lowest BCUT2D eigenvalue weighted by molar-refractivity contribution is 0.639. The van der Waals surface area contributed by atoms with E-state index in [0.29, 0.717) is 12.5 Å². The Morgan fingerprint density at radius 2 is 1.91 bits per heavy atom. The molecule has 2 aromatic rings. The number of anilines is 3. The molecule has 1 aliphatic rings. The van der Waals surface area contributed by atoms with Crippen LogP contribution < -0.4 is 15.1 Å². The molecule has 7 nitrogen and oxygen atoms in total. The van der Waals surface area contributed by atoms with E-state index in [9.17, 15) is 0 Å². The summed E-state index contributed by atoms with van der Waals surface area (Å²) in [7, 11) is 0. The number of hydrogen-bond acceptors (Lipinski definition) is 7. The Morgan fingerprint density at radius 1 is 1.14 bits per heavy atom. The van der Waals surface area contributed by atoms with Crippen molar-refractivity contribution in [2.45, 2.75) is 0 Å². The second kappa shape index (κ2) is 6.84. The number of hydrogen-bond donors (Lipinski definition) is 1. The Hall–Kier alpha value is -2.70. The highest BCUT2D eigenvalue weighted by Crippen LogP contribution is 2.17. The summed E-state index contributed by atoms with van der Waals surface area (Å²) in [6.45, 7) is 7.88. The molecule has 0 radical (unpaired) electrons. The third-order valence-electron chi connectivity index (χ3n) is 3.53. The fraction of sp³-hybridized carbons (Fsp3) is 0.333. The molecule has 0 aromatic carbocycles. The molecule has 0 bridgehead atoms. The second-order valence-electron chi connectivity index (χ2n) is 4.97. The quantitative estimate of drug-likeness (QED) is 0.831. The highest BCUT2D eigenvalue weighted by atomic mass is 15.3. The standard InChI is InChI=1S/C15H19N7/c1-2-6-17-15-19-14(12-18-20-15)22-10-8-21(9-11-22)13-5-3-4-7-16-13/h2-5,7,12H,1,6,8-11H2,(H,17,19,20). The van der Waals surface area contributed by atoms with Crippen molar-refractivity contribution in [1.29, 1.82) is 0 Å². The molecule has 0 unspecified atom stereocenters. The Morgan fingerprint density at radius 3 is 2.59 bits per heavy atom. The van der Waals surface area contributed by atoms with Crippen molar-refractivity contribution >= 4 is 17.6 Å². The van der Waals surface area contributed by atoms with E-state index >= 15 is 0 Å². The molecule has 22 heavy (non-hydrogen) atoms. The Kier molecular flexibility index (Phi) is 4.43. The van der Waals surface area contributed by atoms with Crippen LogP contribution in [0.4, 0.5) is 17.6 Å². The van der Waals surface area contributed by atoms with Gasteiger partial charge in [0.25, 0.3) is 0 Å². The summed E-state index contributed by atoms with van der Waals surface area (Å²) in [5.74, 6) is 2.41. The van der Waals surface area contributed by atoms with E-state index in [1.54, 1.807) is 12.3 Å². The van der Waals surface area contributed by atoms with Crippen LogP contribution in [-0.2, 0) is 0 Å². The molecule has 3 rings (SSSR count). The fourth-order valence-corrected chi connectivity index (χ4v) is 2.39. The molecular formula is C15H19N7. The van der Waals surface area contributed by atoms with Crippen LogP contribution in [0.2, 0.25) is 0 Å². The summed E-state index contributed by atoms with van der Waals surface area (Å²) in [6, 6.07) is 5.99. The van der Waals surface area contributed by atoms with Gasteiger partial charge in [-0.25, -0.2) is 4.98 Å². The van der Waals surface area contributed by atoms with E-state index in [1.165, 1.54) is 0 Å². The van der Waals surface area contributed by atoms with Crippen LogP contribution >= 0.6 is 0 Å². The van der Waals surface area contributed by atoms with Gasteiger partial charge in [0.05, 0.1) is 6.20 Å². The van der Waals surface area contributed by atoms with Crippen molar-refractivity contribution in [3.63, 3.8) is 0 Å². The Bertz CT molecular complexity index is 608. The van der Waals surface area contributed by atoms with Gasteiger partial charge in [0.2, 0.25) is 5.95 Å². The number of rotatable bonds is 5. The van der Waals surface area contributed by atoms with Crippen LogP contribution in [-0.4, -0.2) is 52.9 Å². The summed E-state index contributed by atoms with van der Waals surface area (Å²) in [5, 5.41) is 11.0. The molecule has 0 spiro atoms. The van der Waals surface area contributed by atoms with Gasteiger partial charge in [-0.2, -0.15) is 10.1 Å². The van der Waals surface area contributed by atoms with Gasteiger partial charge >= 0.3 is 0 Å². The Labute approximate surface area is 129 Å². The molecule has 2 aromatic heterocycles. The molecule has 1 fully saturated rings. The maximum absolute atomic E-state index is 4.49. The van der Waals surface area contributed by atoms with Crippen LogP contribution in [0, 0.1) is 0 Å². The second-order valence-corrected chi connectivity index (χ2v) is 4.97. The van der Waals surface area contributed by atoms with Crippen molar-refractivity contribution in [2.24, 2.45) is 0 Å². The van der Waals surface area contributed by atoms with Gasteiger partial charge < -0.3 is 15.1 Å². The first-order valence-corrected chi connectivity index (χ1v) is 7.32. The number of nitrogens with zero attached hydrogens (tertiary/aromatic N) is 6. The molecule has 0 saturated carbocycles. The molecule has 1 saturated heterocycles. The predicted molar refractivity (Wildman–Crippen MR) is 87.2 cm³/mol. The van der Waals surface area contributed by atoms with Crippen LogP contribution in [0.5, 0.6) is 0 Å². The zero-order chi connectivity index (χ0) is 15.2. The van der Waals surface area contributed by atoms with Crippen LogP contribution in [0.25, 0.3) is 0 Å². The topological polar surface area (TPSA) is 70.1 Å². The third kappa shape index (κ3) is 3.30. The van der Waals surface area contributed by atoms with Crippen molar-refractivity contribution in [2.75, 3.05) is 47.8 Å². The monoisotopic (exact) mass is 297 g/mol. The molecule has 114 valence electrons. The zero-order valence-corrected chi connectivity index (χ0v) is 12.4. The summed E-state index contributed by atoms with van der Waals surface area (Å²) in [5.41, 5.74) is 0. The first kappa shape index (κ1) is 14.2. The molecule has 7 heteroatoms. The lowest BCUT2D eigenvalue weighted by Crippen LogP contribution is -2.47. The maximum atomic E-state index is 4.49. The number of pyridine rings is 1. The summed E-state index contributed by atoms with van der Waals surface area (Å²) >= 11 is 0. The minimum atomic E-state index is 0.532. The SMILES string of the molecule is C=CCNc1nncc(N2CCN(c3ccccn3)CC2)n1. The summed E-state index contributed by atoms with van der Waals surface area (Å²) < 4.78 is 0.